The molecular formula is C19H36N2O2. The molecule has 1 N–H and O–H groups in total. The van der Waals surface area contributed by atoms with Gasteiger partial charge in [-0.05, 0) is 71.3 Å². The fourth-order valence-electron chi connectivity index (χ4n) is 4.20. The summed E-state index contributed by atoms with van der Waals surface area (Å²) in [7, 11) is 0. The van der Waals surface area contributed by atoms with Gasteiger partial charge in [0.15, 0.2) is 0 Å². The molecule has 0 bridgehead atoms. The lowest BCUT2D eigenvalue weighted by Gasteiger charge is -2.36. The molecule has 1 aliphatic carbocycles. The maximum atomic E-state index is 12.3. The lowest BCUT2D eigenvalue weighted by Crippen LogP contribution is -2.45. The normalized spacial score (nSPS) is 32.1. The van der Waals surface area contributed by atoms with Gasteiger partial charge in [0.25, 0.3) is 0 Å². The Morgan fingerprint density at radius 3 is 2.39 bits per heavy atom. The Balaban J connectivity index is 1.79. The Hall–Kier alpha value is -0.770. The minimum absolute atomic E-state index is 0.139. The maximum absolute atomic E-state index is 12.3. The third-order valence-corrected chi connectivity index (χ3v) is 5.41. The van der Waals surface area contributed by atoms with E-state index in [-0.39, 0.29) is 6.09 Å². The molecule has 3 atom stereocenters. The molecule has 0 spiro atoms. The minimum atomic E-state index is -0.407. The number of hydrogen-bond donors (Lipinski definition) is 1. The molecule has 1 heterocycles. The first-order valence-corrected chi connectivity index (χ1v) is 9.51. The highest BCUT2D eigenvalue weighted by Gasteiger charge is 2.32. The second-order valence-corrected chi connectivity index (χ2v) is 8.62. The van der Waals surface area contributed by atoms with E-state index in [0.29, 0.717) is 12.1 Å². The molecule has 2 fully saturated rings. The summed E-state index contributed by atoms with van der Waals surface area (Å²) in [5.41, 5.74) is -0.407. The van der Waals surface area contributed by atoms with E-state index in [1.54, 1.807) is 0 Å². The zero-order chi connectivity index (χ0) is 17.0. The van der Waals surface area contributed by atoms with E-state index in [1.165, 1.54) is 19.3 Å². The average molecular weight is 325 g/mol. The number of nitrogens with one attached hydrogen (secondary N) is 1. The van der Waals surface area contributed by atoms with Crippen LogP contribution in [0.2, 0.25) is 0 Å². The van der Waals surface area contributed by atoms with E-state index >= 15 is 0 Å². The van der Waals surface area contributed by atoms with E-state index in [4.69, 9.17) is 4.74 Å². The second-order valence-electron chi connectivity index (χ2n) is 8.62. The summed E-state index contributed by atoms with van der Waals surface area (Å²) in [6.45, 7) is 12.4. The Bertz CT molecular complexity index is 381. The van der Waals surface area contributed by atoms with Crippen molar-refractivity contribution in [2.24, 2.45) is 11.8 Å². The van der Waals surface area contributed by atoms with Gasteiger partial charge in [0.05, 0.1) is 0 Å². The molecule has 4 heteroatoms. The van der Waals surface area contributed by atoms with Crippen molar-refractivity contribution in [2.45, 2.75) is 90.8 Å². The minimum Gasteiger partial charge on any atom is -0.444 e. The predicted molar refractivity (Wildman–Crippen MR) is 94.5 cm³/mol. The molecule has 1 saturated heterocycles. The molecule has 1 saturated carbocycles. The van der Waals surface area contributed by atoms with Crippen molar-refractivity contribution in [3.63, 3.8) is 0 Å². The topological polar surface area (TPSA) is 41.6 Å². The fraction of sp³-hybridized carbons (Fsp3) is 0.947. The van der Waals surface area contributed by atoms with Crippen molar-refractivity contribution in [3.8, 4) is 0 Å². The predicted octanol–water partition coefficient (Wildman–Crippen LogP) is 4.19. The van der Waals surface area contributed by atoms with Gasteiger partial charge in [-0.3, -0.25) is 0 Å². The molecule has 2 aliphatic rings. The van der Waals surface area contributed by atoms with E-state index < -0.39 is 5.60 Å². The standard InChI is InChI=1S/C19H36N2O2/c1-14-8-6-9-15(2)17(14)20-12-11-16-10-7-13-21(16)18(22)23-19(3,4)5/h14-17,20H,6-13H2,1-5H3. The van der Waals surface area contributed by atoms with Crippen molar-refractivity contribution in [2.75, 3.05) is 13.1 Å². The van der Waals surface area contributed by atoms with Crippen LogP contribution in [0.15, 0.2) is 0 Å². The van der Waals surface area contributed by atoms with Crippen molar-refractivity contribution in [3.05, 3.63) is 0 Å². The van der Waals surface area contributed by atoms with Crippen molar-refractivity contribution in [1.82, 2.24) is 10.2 Å². The highest BCUT2D eigenvalue weighted by Crippen LogP contribution is 2.29. The van der Waals surface area contributed by atoms with Crippen LogP contribution in [-0.2, 0) is 4.74 Å². The molecule has 1 amide bonds. The fourth-order valence-corrected chi connectivity index (χ4v) is 4.20. The van der Waals surface area contributed by atoms with Crippen LogP contribution in [0.1, 0.15) is 73.1 Å². The summed E-state index contributed by atoms with van der Waals surface area (Å²) < 4.78 is 5.55. The van der Waals surface area contributed by atoms with Gasteiger partial charge in [0.2, 0.25) is 0 Å². The molecular weight excluding hydrogens is 288 g/mol. The smallest absolute Gasteiger partial charge is 0.410 e. The number of likely N-dealkylation sites (tertiary alicyclic amines) is 1. The van der Waals surface area contributed by atoms with Crippen LogP contribution in [0.4, 0.5) is 4.79 Å². The molecule has 2 rings (SSSR count). The summed E-state index contributed by atoms with van der Waals surface area (Å²) >= 11 is 0. The number of amides is 1. The first-order chi connectivity index (χ1) is 10.8. The zero-order valence-corrected chi connectivity index (χ0v) is 15.7. The van der Waals surface area contributed by atoms with Crippen molar-refractivity contribution >= 4 is 6.09 Å². The highest BCUT2D eigenvalue weighted by molar-refractivity contribution is 5.68. The first-order valence-electron chi connectivity index (χ1n) is 9.51. The second kappa shape index (κ2) is 7.87. The third kappa shape index (κ3) is 5.37. The van der Waals surface area contributed by atoms with Crippen molar-refractivity contribution in [1.29, 1.82) is 0 Å². The summed E-state index contributed by atoms with van der Waals surface area (Å²) in [6, 6.07) is 0.978. The molecule has 1 aliphatic heterocycles. The lowest BCUT2D eigenvalue weighted by atomic mass is 9.78. The summed E-state index contributed by atoms with van der Waals surface area (Å²) in [5.74, 6) is 1.54. The summed E-state index contributed by atoms with van der Waals surface area (Å²) in [6.07, 6.45) is 7.16. The Morgan fingerprint density at radius 1 is 1.13 bits per heavy atom. The van der Waals surface area contributed by atoms with Crippen LogP contribution in [0.3, 0.4) is 0 Å². The molecule has 0 aromatic rings. The van der Waals surface area contributed by atoms with Gasteiger partial charge in [-0.2, -0.15) is 0 Å². The summed E-state index contributed by atoms with van der Waals surface area (Å²) in [5, 5.41) is 3.78. The number of nitrogens with zero attached hydrogens (tertiary/aromatic N) is 1. The maximum Gasteiger partial charge on any atom is 0.410 e. The number of rotatable bonds is 4. The van der Waals surface area contributed by atoms with Gasteiger partial charge in [-0.25, -0.2) is 4.79 Å². The lowest BCUT2D eigenvalue weighted by molar-refractivity contribution is 0.0219. The number of hydrogen-bond acceptors (Lipinski definition) is 3. The largest absolute Gasteiger partial charge is 0.444 e. The molecule has 0 aromatic heterocycles. The quantitative estimate of drug-likeness (QED) is 0.843. The van der Waals surface area contributed by atoms with Crippen LogP contribution < -0.4 is 5.32 Å². The Kier molecular flexibility index (Phi) is 6.35. The van der Waals surface area contributed by atoms with Crippen LogP contribution in [0.25, 0.3) is 0 Å². The monoisotopic (exact) mass is 324 g/mol. The Labute approximate surface area is 142 Å². The van der Waals surface area contributed by atoms with Gasteiger partial charge >= 0.3 is 6.09 Å². The van der Waals surface area contributed by atoms with E-state index in [0.717, 1.165) is 44.2 Å². The van der Waals surface area contributed by atoms with Crippen LogP contribution in [0.5, 0.6) is 0 Å². The van der Waals surface area contributed by atoms with E-state index in [2.05, 4.69) is 19.2 Å². The van der Waals surface area contributed by atoms with Crippen LogP contribution in [-0.4, -0.2) is 41.8 Å². The van der Waals surface area contributed by atoms with Crippen LogP contribution in [0, 0.1) is 11.8 Å². The SMILES string of the molecule is CC1CCCC(C)C1NCCC1CCCN1C(=O)OC(C)(C)C. The van der Waals surface area contributed by atoms with E-state index in [1.807, 2.05) is 25.7 Å². The molecule has 0 radical (unpaired) electrons. The van der Waals surface area contributed by atoms with Crippen molar-refractivity contribution < 1.29 is 9.53 Å². The van der Waals surface area contributed by atoms with Gasteiger partial charge in [0, 0.05) is 18.6 Å². The number of carbonyl (C=O) groups excluding carboxylic acids is 1. The molecule has 134 valence electrons. The number of carbonyl (C=O) groups is 1. The number of ether oxygens (including phenoxy) is 1. The molecule has 0 aromatic carbocycles. The van der Waals surface area contributed by atoms with E-state index in [9.17, 15) is 4.79 Å². The molecule has 3 unspecified atom stereocenters. The van der Waals surface area contributed by atoms with Gasteiger partial charge in [-0.15, -0.1) is 0 Å². The zero-order valence-electron chi connectivity index (χ0n) is 15.7. The van der Waals surface area contributed by atoms with Gasteiger partial charge < -0.3 is 15.0 Å². The van der Waals surface area contributed by atoms with Gasteiger partial charge in [0.1, 0.15) is 5.60 Å². The average Bonchev–Trinajstić information content (AvgIpc) is 2.88. The highest BCUT2D eigenvalue weighted by atomic mass is 16.6. The third-order valence-electron chi connectivity index (χ3n) is 5.41. The Morgan fingerprint density at radius 2 is 1.78 bits per heavy atom. The summed E-state index contributed by atoms with van der Waals surface area (Å²) in [4.78, 5) is 14.3. The first kappa shape index (κ1) is 18.6. The van der Waals surface area contributed by atoms with Gasteiger partial charge in [-0.1, -0.05) is 20.3 Å². The molecule has 4 nitrogen and oxygen atoms in total. The van der Waals surface area contributed by atoms with Crippen LogP contribution >= 0.6 is 0 Å². The molecule has 23 heavy (non-hydrogen) atoms.